The Morgan fingerprint density at radius 1 is 1.17 bits per heavy atom. The minimum atomic E-state index is 0.882. The lowest BCUT2D eigenvalue weighted by atomic mass is 10.2. The van der Waals surface area contributed by atoms with Crippen LogP contribution in [0, 0.1) is 5.92 Å². The summed E-state index contributed by atoms with van der Waals surface area (Å²) in [5.74, 6) is 1.10. The lowest BCUT2D eigenvalue weighted by Gasteiger charge is -1.92. The van der Waals surface area contributed by atoms with Crippen molar-refractivity contribution >= 4 is 0 Å². The van der Waals surface area contributed by atoms with Gasteiger partial charge in [0.05, 0.1) is 0 Å². The van der Waals surface area contributed by atoms with Gasteiger partial charge in [0.15, 0.2) is 0 Å². The quantitative estimate of drug-likeness (QED) is 0.509. The molecule has 1 aliphatic carbocycles. The van der Waals surface area contributed by atoms with E-state index in [0.29, 0.717) is 0 Å². The summed E-state index contributed by atoms with van der Waals surface area (Å²) in [6.45, 7) is 10.9. The Morgan fingerprint density at radius 3 is 2.00 bits per heavy atom. The molecule has 1 rings (SSSR count). The summed E-state index contributed by atoms with van der Waals surface area (Å²) in [5, 5.41) is 0. The van der Waals surface area contributed by atoms with Crippen LogP contribution < -0.4 is 5.73 Å². The lowest BCUT2D eigenvalue weighted by molar-refractivity contribution is 0.635. The minimum absolute atomic E-state index is 0.882. The highest BCUT2D eigenvalue weighted by atomic mass is 14.5. The maximum Gasteiger partial charge on any atom is -0.00773 e. The van der Waals surface area contributed by atoms with Crippen molar-refractivity contribution in [3.05, 3.63) is 13.2 Å². The van der Waals surface area contributed by atoms with Crippen LogP contribution in [0.2, 0.25) is 0 Å². The van der Waals surface area contributed by atoms with Gasteiger partial charge >= 0.3 is 0 Å². The van der Waals surface area contributed by atoms with Gasteiger partial charge in [0.2, 0.25) is 0 Å². The van der Waals surface area contributed by atoms with Crippen LogP contribution in [0.15, 0.2) is 13.2 Å². The van der Waals surface area contributed by atoms with Crippen LogP contribution in [0.3, 0.4) is 0 Å². The van der Waals surface area contributed by atoms with Crippen LogP contribution in [0.25, 0.3) is 0 Å². The van der Waals surface area contributed by atoms with Crippen molar-refractivity contribution in [1.82, 2.24) is 0 Å². The normalized spacial score (nSPS) is 13.6. The number of hydrogen-bond acceptors (Lipinski definition) is 1. The average molecular weight is 171 g/mol. The van der Waals surface area contributed by atoms with Crippen molar-refractivity contribution in [3.8, 4) is 0 Å². The van der Waals surface area contributed by atoms with Crippen LogP contribution in [0.1, 0.15) is 46.0 Å². The first-order valence-corrected chi connectivity index (χ1v) is 5.13. The molecule has 1 nitrogen and oxygen atoms in total. The molecule has 0 atom stereocenters. The molecule has 0 spiro atoms. The molecule has 0 saturated heterocycles. The smallest absolute Gasteiger partial charge is 0.00773 e. The van der Waals surface area contributed by atoms with Crippen molar-refractivity contribution in [2.45, 2.75) is 46.0 Å². The molecule has 1 fully saturated rings. The Bertz CT molecular complexity index is 67.4. The van der Waals surface area contributed by atoms with E-state index in [1.165, 1.54) is 32.1 Å². The molecule has 0 radical (unpaired) electrons. The Hall–Kier alpha value is -0.300. The van der Waals surface area contributed by atoms with Crippen molar-refractivity contribution in [3.63, 3.8) is 0 Å². The number of rotatable bonds is 4. The number of nitrogens with two attached hydrogens (primary N) is 1. The van der Waals surface area contributed by atoms with Crippen LogP contribution >= 0.6 is 0 Å². The largest absolute Gasteiger partial charge is 0.330 e. The molecular formula is C11H25N. The Labute approximate surface area is 78.0 Å². The first-order valence-electron chi connectivity index (χ1n) is 5.13. The maximum atomic E-state index is 5.34. The predicted molar refractivity (Wildman–Crippen MR) is 58.2 cm³/mol. The van der Waals surface area contributed by atoms with Gasteiger partial charge < -0.3 is 5.73 Å². The average Bonchev–Trinajstić information content (AvgIpc) is 2.96. The van der Waals surface area contributed by atoms with Gasteiger partial charge in [-0.2, -0.15) is 0 Å². The Kier molecular flexibility index (Phi) is 15.8. The summed E-state index contributed by atoms with van der Waals surface area (Å²) < 4.78 is 0. The molecule has 0 aliphatic heterocycles. The van der Waals surface area contributed by atoms with E-state index in [1.54, 1.807) is 0 Å². The molecular weight excluding hydrogens is 146 g/mol. The van der Waals surface area contributed by atoms with E-state index in [4.69, 9.17) is 5.73 Å². The second-order valence-electron chi connectivity index (χ2n) is 2.73. The minimum Gasteiger partial charge on any atom is -0.330 e. The third kappa shape index (κ3) is 12.4. The van der Waals surface area contributed by atoms with Crippen molar-refractivity contribution < 1.29 is 0 Å². The SMILES string of the molecule is C=C.CC.NCCCCC1CC1. The topological polar surface area (TPSA) is 26.0 Å². The molecule has 0 aromatic carbocycles. The zero-order chi connectivity index (χ0) is 9.82. The first kappa shape index (κ1) is 14.2. The molecule has 0 amide bonds. The molecule has 2 N–H and O–H groups in total. The molecule has 1 heteroatoms. The second kappa shape index (κ2) is 13.3. The van der Waals surface area contributed by atoms with E-state index in [1.807, 2.05) is 13.8 Å². The predicted octanol–water partition coefficient (Wildman–Crippen LogP) is 3.35. The van der Waals surface area contributed by atoms with E-state index < -0.39 is 0 Å². The molecule has 0 aromatic heterocycles. The fraction of sp³-hybridized carbons (Fsp3) is 0.818. The number of hydrogen-bond donors (Lipinski definition) is 1. The summed E-state index contributed by atoms with van der Waals surface area (Å²) >= 11 is 0. The van der Waals surface area contributed by atoms with Gasteiger partial charge in [0.25, 0.3) is 0 Å². The van der Waals surface area contributed by atoms with Crippen molar-refractivity contribution in [2.75, 3.05) is 6.54 Å². The maximum absolute atomic E-state index is 5.34. The summed E-state index contributed by atoms with van der Waals surface area (Å²) in [5.41, 5.74) is 5.34. The van der Waals surface area contributed by atoms with Crippen LogP contribution in [0.4, 0.5) is 0 Å². The van der Waals surface area contributed by atoms with Crippen LogP contribution in [0.5, 0.6) is 0 Å². The molecule has 1 aliphatic rings. The van der Waals surface area contributed by atoms with E-state index in [-0.39, 0.29) is 0 Å². The molecule has 0 bridgehead atoms. The highest BCUT2D eigenvalue weighted by Gasteiger charge is 2.19. The molecule has 12 heavy (non-hydrogen) atoms. The summed E-state index contributed by atoms with van der Waals surface area (Å²) in [7, 11) is 0. The van der Waals surface area contributed by atoms with Gasteiger partial charge in [-0.1, -0.05) is 39.5 Å². The van der Waals surface area contributed by atoms with E-state index in [9.17, 15) is 0 Å². The van der Waals surface area contributed by atoms with Gasteiger partial charge in [0.1, 0.15) is 0 Å². The van der Waals surface area contributed by atoms with E-state index >= 15 is 0 Å². The van der Waals surface area contributed by atoms with Crippen molar-refractivity contribution in [1.29, 1.82) is 0 Å². The van der Waals surface area contributed by atoms with Gasteiger partial charge in [-0.25, -0.2) is 0 Å². The zero-order valence-electron chi connectivity index (χ0n) is 8.81. The molecule has 0 aromatic rings. The molecule has 74 valence electrons. The van der Waals surface area contributed by atoms with Crippen LogP contribution in [-0.2, 0) is 0 Å². The fourth-order valence-corrected chi connectivity index (χ4v) is 0.984. The van der Waals surface area contributed by atoms with Gasteiger partial charge in [0, 0.05) is 0 Å². The van der Waals surface area contributed by atoms with E-state index in [2.05, 4.69) is 13.2 Å². The molecule has 0 heterocycles. The Balaban J connectivity index is 0. The van der Waals surface area contributed by atoms with Gasteiger partial charge in [-0.15, -0.1) is 13.2 Å². The van der Waals surface area contributed by atoms with Crippen molar-refractivity contribution in [2.24, 2.45) is 11.7 Å². The van der Waals surface area contributed by atoms with Gasteiger partial charge in [-0.05, 0) is 18.9 Å². The third-order valence-corrected chi connectivity index (χ3v) is 1.76. The number of unbranched alkanes of at least 4 members (excludes halogenated alkanes) is 1. The highest BCUT2D eigenvalue weighted by molar-refractivity contribution is 4.72. The fourth-order valence-electron chi connectivity index (χ4n) is 0.984. The zero-order valence-corrected chi connectivity index (χ0v) is 8.81. The molecule has 0 unspecified atom stereocenters. The standard InChI is InChI=1S/C7H15N.C2H6.C2H4/c8-6-2-1-3-7-4-5-7;2*1-2/h7H,1-6,8H2;1-2H3;1-2H2. The summed E-state index contributed by atoms with van der Waals surface area (Å²) in [6, 6.07) is 0. The third-order valence-electron chi connectivity index (χ3n) is 1.76. The first-order chi connectivity index (χ1) is 5.93. The summed E-state index contributed by atoms with van der Waals surface area (Å²) in [6.07, 6.45) is 7.02. The van der Waals surface area contributed by atoms with Crippen LogP contribution in [-0.4, -0.2) is 6.54 Å². The second-order valence-corrected chi connectivity index (χ2v) is 2.73. The monoisotopic (exact) mass is 171 g/mol. The lowest BCUT2D eigenvalue weighted by Crippen LogP contribution is -1.97. The van der Waals surface area contributed by atoms with E-state index in [0.717, 1.165) is 12.5 Å². The summed E-state index contributed by atoms with van der Waals surface area (Å²) in [4.78, 5) is 0. The van der Waals surface area contributed by atoms with Gasteiger partial charge in [-0.3, -0.25) is 0 Å². The molecule has 1 saturated carbocycles. The highest BCUT2D eigenvalue weighted by Crippen LogP contribution is 2.33. The Morgan fingerprint density at radius 2 is 1.67 bits per heavy atom.